The number of aromatic nitrogens is 4. The van der Waals surface area contributed by atoms with E-state index in [0.29, 0.717) is 53.5 Å². The smallest absolute Gasteiger partial charge is 0.166 e. The van der Waals surface area contributed by atoms with Gasteiger partial charge in [0, 0.05) is 47.6 Å². The lowest BCUT2D eigenvalue weighted by Crippen LogP contribution is -2.35. The molecule has 4 rings (SSSR count). The lowest BCUT2D eigenvalue weighted by Gasteiger charge is -2.32. The van der Waals surface area contributed by atoms with Crippen LogP contribution in [0.5, 0.6) is 5.75 Å². The van der Waals surface area contributed by atoms with Crippen molar-refractivity contribution in [2.24, 2.45) is 0 Å². The first-order valence-corrected chi connectivity index (χ1v) is 11.9. The van der Waals surface area contributed by atoms with Gasteiger partial charge in [0.25, 0.3) is 0 Å². The van der Waals surface area contributed by atoms with Crippen LogP contribution in [-0.4, -0.2) is 52.7 Å². The van der Waals surface area contributed by atoms with Crippen molar-refractivity contribution in [2.45, 2.75) is 25.3 Å². The number of nitrogens with zero attached hydrogens (tertiary/aromatic N) is 5. The summed E-state index contributed by atoms with van der Waals surface area (Å²) in [6, 6.07) is 4.42. The highest BCUT2D eigenvalue weighted by atomic mass is 35.5. The van der Waals surface area contributed by atoms with Gasteiger partial charge in [-0.2, -0.15) is 0 Å². The predicted molar refractivity (Wildman–Crippen MR) is 122 cm³/mol. The van der Waals surface area contributed by atoms with Crippen LogP contribution in [-0.2, 0) is 17.7 Å². The summed E-state index contributed by atoms with van der Waals surface area (Å²) in [5.41, 5.74) is 7.64. The fraction of sp³-hybridized carbons (Fsp3) is 0.350. The number of nitrogen functional groups attached to an aromatic ring is 1. The minimum Gasteiger partial charge on any atom is -0.760 e. The molecule has 0 amide bonds. The Labute approximate surface area is 202 Å². The van der Waals surface area contributed by atoms with Crippen LogP contribution in [0, 0.1) is 5.82 Å². The third kappa shape index (κ3) is 5.44. The number of pyridine rings is 1. The normalized spacial score (nSPS) is 16.1. The largest absolute Gasteiger partial charge is 0.760 e. The van der Waals surface area contributed by atoms with Gasteiger partial charge in [0.1, 0.15) is 11.5 Å². The predicted octanol–water partition coefficient (Wildman–Crippen LogP) is 3.42. The molecule has 9 nitrogen and oxygen atoms in total. The lowest BCUT2D eigenvalue weighted by atomic mass is 10.1. The Bertz CT molecular complexity index is 1170. The molecule has 1 aliphatic rings. The molecule has 1 saturated heterocycles. The van der Waals surface area contributed by atoms with Gasteiger partial charge in [0.05, 0.1) is 23.9 Å². The Morgan fingerprint density at radius 3 is 2.79 bits per heavy atom. The van der Waals surface area contributed by atoms with Crippen molar-refractivity contribution < 1.29 is 17.9 Å². The topological polar surface area (TPSA) is 122 Å². The molecule has 13 heteroatoms. The van der Waals surface area contributed by atoms with Gasteiger partial charge in [-0.05, 0) is 36.6 Å². The minimum atomic E-state index is -2.20. The van der Waals surface area contributed by atoms with E-state index in [1.165, 1.54) is 16.4 Å². The number of ether oxygens (including phenoxy) is 1. The van der Waals surface area contributed by atoms with E-state index in [1.807, 2.05) is 0 Å². The minimum absolute atomic E-state index is 0.0325. The van der Waals surface area contributed by atoms with Crippen molar-refractivity contribution in [1.82, 2.24) is 24.3 Å². The van der Waals surface area contributed by atoms with Crippen LogP contribution in [0.4, 0.5) is 10.2 Å². The zero-order valence-electron chi connectivity index (χ0n) is 17.3. The molecule has 33 heavy (non-hydrogen) atoms. The van der Waals surface area contributed by atoms with Crippen molar-refractivity contribution in [1.29, 1.82) is 0 Å². The molecule has 0 bridgehead atoms. The van der Waals surface area contributed by atoms with E-state index in [0.717, 1.165) is 0 Å². The summed E-state index contributed by atoms with van der Waals surface area (Å²) in [4.78, 5) is 4.17. The quantitative estimate of drug-likeness (QED) is 0.379. The van der Waals surface area contributed by atoms with Crippen molar-refractivity contribution in [3.63, 3.8) is 0 Å². The highest BCUT2D eigenvalue weighted by molar-refractivity contribution is 7.76. The zero-order chi connectivity index (χ0) is 23.5. The van der Waals surface area contributed by atoms with E-state index in [4.69, 9.17) is 33.7 Å². The van der Waals surface area contributed by atoms with Gasteiger partial charge in [-0.25, -0.2) is 18.4 Å². The second-order valence-corrected chi connectivity index (χ2v) is 9.22. The van der Waals surface area contributed by atoms with Crippen LogP contribution in [0.3, 0.4) is 0 Å². The van der Waals surface area contributed by atoms with E-state index < -0.39 is 17.1 Å². The summed E-state index contributed by atoms with van der Waals surface area (Å²) < 4.78 is 44.8. The molecule has 1 aliphatic heterocycles. The van der Waals surface area contributed by atoms with Gasteiger partial charge in [-0.1, -0.05) is 28.4 Å². The molecule has 1 unspecified atom stereocenters. The summed E-state index contributed by atoms with van der Waals surface area (Å²) in [5, 5.41) is 8.73. The van der Waals surface area contributed by atoms with Crippen LogP contribution in [0.2, 0.25) is 10.0 Å². The van der Waals surface area contributed by atoms with Crippen molar-refractivity contribution in [3.05, 3.63) is 52.0 Å². The number of nitrogens with two attached hydrogens (primary N) is 1. The molecule has 2 N–H and O–H groups in total. The fourth-order valence-corrected chi connectivity index (χ4v) is 4.68. The number of hydrogen-bond donors (Lipinski definition) is 1. The first-order chi connectivity index (χ1) is 15.8. The van der Waals surface area contributed by atoms with Crippen LogP contribution in [0.1, 0.15) is 24.4 Å². The van der Waals surface area contributed by atoms with Gasteiger partial charge in [0.2, 0.25) is 0 Å². The first-order valence-electron chi connectivity index (χ1n) is 10.1. The molecule has 0 spiro atoms. The van der Waals surface area contributed by atoms with Gasteiger partial charge in [-0.3, -0.25) is 4.21 Å². The molecule has 3 aromatic rings. The van der Waals surface area contributed by atoms with Crippen LogP contribution in [0.25, 0.3) is 11.3 Å². The number of halogens is 3. The van der Waals surface area contributed by atoms with Gasteiger partial charge < -0.3 is 15.0 Å². The van der Waals surface area contributed by atoms with Crippen LogP contribution in [0.15, 0.2) is 30.6 Å². The maximum absolute atomic E-state index is 13.7. The summed E-state index contributed by atoms with van der Waals surface area (Å²) >= 11 is 9.92. The van der Waals surface area contributed by atoms with Crippen molar-refractivity contribution in [2.75, 3.05) is 25.4 Å². The number of piperidine rings is 1. The average Bonchev–Trinajstić information content (AvgIpc) is 3.30. The summed E-state index contributed by atoms with van der Waals surface area (Å²) in [5.74, 6) is -0.00760. The Morgan fingerprint density at radius 1 is 1.30 bits per heavy atom. The molecule has 2 aromatic heterocycles. The second kappa shape index (κ2) is 10.3. The molecule has 0 saturated carbocycles. The molecule has 0 aliphatic carbocycles. The molecular formula is C20H20Cl2FN6O3S-. The number of anilines is 1. The third-order valence-electron chi connectivity index (χ3n) is 5.44. The highest BCUT2D eigenvalue weighted by Crippen LogP contribution is 2.30. The maximum atomic E-state index is 13.7. The highest BCUT2D eigenvalue weighted by Gasteiger charge is 2.22. The van der Waals surface area contributed by atoms with E-state index >= 15 is 0 Å². The lowest BCUT2D eigenvalue weighted by molar-refractivity contribution is 0.253. The van der Waals surface area contributed by atoms with Crippen LogP contribution >= 0.6 is 23.2 Å². The molecule has 1 atom stereocenters. The molecule has 1 fully saturated rings. The van der Waals surface area contributed by atoms with Crippen molar-refractivity contribution >= 4 is 40.3 Å². The van der Waals surface area contributed by atoms with Gasteiger partial charge in [-0.15, -0.1) is 5.10 Å². The monoisotopic (exact) mass is 513 g/mol. The fourth-order valence-electron chi connectivity index (χ4n) is 3.62. The molecule has 3 heterocycles. The van der Waals surface area contributed by atoms with E-state index in [1.54, 1.807) is 23.1 Å². The van der Waals surface area contributed by atoms with Crippen molar-refractivity contribution in [3.8, 4) is 17.0 Å². The first kappa shape index (κ1) is 23.8. The zero-order valence-corrected chi connectivity index (χ0v) is 19.6. The molecule has 1 aromatic carbocycles. The third-order valence-corrected chi connectivity index (χ3v) is 6.99. The molecule has 176 valence electrons. The van der Waals surface area contributed by atoms with E-state index in [-0.39, 0.29) is 29.9 Å². The second-order valence-electron chi connectivity index (χ2n) is 7.49. The Balaban J connectivity index is 1.43. The SMILES string of the molecule is Nc1ncc(-c2cn(C3CCN(S(=O)[O-])CC3)nn2)cc1OCCc1c(Cl)ccc(F)c1Cl. The Morgan fingerprint density at radius 2 is 2.06 bits per heavy atom. The summed E-state index contributed by atoms with van der Waals surface area (Å²) in [6.45, 7) is 1.04. The number of rotatable bonds is 7. The summed E-state index contributed by atoms with van der Waals surface area (Å²) in [7, 11) is 0. The van der Waals surface area contributed by atoms with E-state index in [2.05, 4.69) is 15.3 Å². The van der Waals surface area contributed by atoms with Crippen LogP contribution < -0.4 is 10.5 Å². The van der Waals surface area contributed by atoms with Gasteiger partial charge in [0.15, 0.2) is 11.6 Å². The Kier molecular flexibility index (Phi) is 7.45. The number of benzene rings is 1. The maximum Gasteiger partial charge on any atom is 0.166 e. The number of hydrogen-bond acceptors (Lipinski definition) is 7. The van der Waals surface area contributed by atoms with E-state index in [9.17, 15) is 13.2 Å². The summed E-state index contributed by atoms with van der Waals surface area (Å²) in [6.07, 6.45) is 4.94. The standard InChI is InChI=1S/C20H21Cl2FN6O3S/c21-15-1-2-16(23)19(22)14(15)5-8-32-18-9-12(10-25-20(18)24)17-11-29(27-26-17)13-3-6-28(7-4-13)33(30)31/h1-2,9-11,13H,3-8H2,(H2,24,25)(H,30,31)/p-1. The Hall–Kier alpha value is -2.31. The van der Waals surface area contributed by atoms with Gasteiger partial charge >= 0.3 is 0 Å². The average molecular weight is 514 g/mol. The molecular weight excluding hydrogens is 494 g/mol. The molecule has 0 radical (unpaired) electrons.